The lowest BCUT2D eigenvalue weighted by Crippen LogP contribution is -2.49. The number of carboxylic acids is 2. The summed E-state index contributed by atoms with van der Waals surface area (Å²) in [5, 5.41) is 25.7. The van der Waals surface area contributed by atoms with Crippen molar-refractivity contribution in [2.75, 3.05) is 13.1 Å². The first-order valence-corrected chi connectivity index (χ1v) is 9.76. The molecule has 1 aromatic heterocycles. The number of benzene rings is 1. The van der Waals surface area contributed by atoms with Gasteiger partial charge in [-0.1, -0.05) is 18.2 Å². The normalized spacial score (nSPS) is 12.5. The second kappa shape index (κ2) is 11.5. The van der Waals surface area contributed by atoms with Crippen molar-refractivity contribution in [1.29, 1.82) is 0 Å². The number of hydrogen-bond acceptors (Lipinski definition) is 6. The Labute approximate surface area is 182 Å². The number of fused-ring (bicyclic) bond motifs is 1. The van der Waals surface area contributed by atoms with E-state index in [1.807, 2.05) is 24.3 Å². The van der Waals surface area contributed by atoms with E-state index in [0.29, 0.717) is 0 Å². The van der Waals surface area contributed by atoms with E-state index in [4.69, 9.17) is 10.8 Å². The van der Waals surface area contributed by atoms with Crippen molar-refractivity contribution in [1.82, 2.24) is 20.9 Å². The summed E-state index contributed by atoms with van der Waals surface area (Å²) >= 11 is 0. The molecule has 0 saturated heterocycles. The molecule has 0 aliphatic carbocycles. The van der Waals surface area contributed by atoms with E-state index in [1.165, 1.54) is 0 Å². The van der Waals surface area contributed by atoms with Crippen LogP contribution in [-0.2, 0) is 30.4 Å². The zero-order chi connectivity index (χ0) is 23.7. The zero-order valence-electron chi connectivity index (χ0n) is 17.1. The van der Waals surface area contributed by atoms with E-state index < -0.39 is 54.8 Å². The molecule has 2 atom stereocenters. The molecule has 3 amide bonds. The first kappa shape index (κ1) is 24.3. The third kappa shape index (κ3) is 7.40. The molecule has 2 aromatic rings. The van der Waals surface area contributed by atoms with Crippen molar-refractivity contribution in [2.24, 2.45) is 5.73 Å². The molecular formula is C20H25N5O7. The molecule has 0 unspecified atom stereocenters. The minimum absolute atomic E-state index is 0.0450. The molecule has 0 spiro atoms. The Balaban J connectivity index is 1.78. The first-order valence-electron chi connectivity index (χ1n) is 9.76. The molecule has 0 aliphatic heterocycles. The Kier molecular flexibility index (Phi) is 8.72. The Morgan fingerprint density at radius 3 is 2.38 bits per heavy atom. The summed E-state index contributed by atoms with van der Waals surface area (Å²) < 4.78 is 0. The van der Waals surface area contributed by atoms with Gasteiger partial charge in [-0.2, -0.15) is 0 Å². The third-order valence-electron chi connectivity index (χ3n) is 4.61. The van der Waals surface area contributed by atoms with E-state index in [9.17, 15) is 29.1 Å². The van der Waals surface area contributed by atoms with Gasteiger partial charge in [-0.3, -0.25) is 19.2 Å². The monoisotopic (exact) mass is 447 g/mol. The van der Waals surface area contributed by atoms with E-state index >= 15 is 0 Å². The van der Waals surface area contributed by atoms with Crippen LogP contribution in [0.4, 0.5) is 0 Å². The highest BCUT2D eigenvalue weighted by molar-refractivity contribution is 5.91. The number of nitrogens with one attached hydrogen (secondary N) is 4. The van der Waals surface area contributed by atoms with Crippen molar-refractivity contribution >= 4 is 40.6 Å². The van der Waals surface area contributed by atoms with Crippen LogP contribution in [0.5, 0.6) is 0 Å². The smallest absolute Gasteiger partial charge is 0.326 e. The van der Waals surface area contributed by atoms with Gasteiger partial charge in [0.1, 0.15) is 6.04 Å². The Morgan fingerprint density at radius 1 is 1.00 bits per heavy atom. The Hall–Kier alpha value is -3.93. The summed E-state index contributed by atoms with van der Waals surface area (Å²) in [5.74, 6) is -4.42. The van der Waals surface area contributed by atoms with Crippen molar-refractivity contribution in [3.63, 3.8) is 0 Å². The molecule has 32 heavy (non-hydrogen) atoms. The van der Waals surface area contributed by atoms with Crippen LogP contribution in [-0.4, -0.2) is 70.0 Å². The van der Waals surface area contributed by atoms with Gasteiger partial charge in [-0.15, -0.1) is 0 Å². The highest BCUT2D eigenvalue weighted by atomic mass is 16.4. The highest BCUT2D eigenvalue weighted by Gasteiger charge is 2.22. The maximum absolute atomic E-state index is 12.1. The number of nitrogens with two attached hydrogens (primary N) is 1. The molecule has 0 radical (unpaired) electrons. The number of H-pyrrole nitrogens is 1. The van der Waals surface area contributed by atoms with Gasteiger partial charge in [0.05, 0.1) is 19.1 Å². The molecule has 1 aromatic carbocycles. The highest BCUT2D eigenvalue weighted by Crippen LogP contribution is 2.19. The molecule has 0 saturated carbocycles. The first-order chi connectivity index (χ1) is 15.2. The van der Waals surface area contributed by atoms with Gasteiger partial charge >= 0.3 is 11.9 Å². The fourth-order valence-corrected chi connectivity index (χ4v) is 2.92. The van der Waals surface area contributed by atoms with Crippen molar-refractivity contribution in [2.45, 2.75) is 31.3 Å². The quantitative estimate of drug-likeness (QED) is 0.208. The second-order valence-electron chi connectivity index (χ2n) is 7.06. The molecule has 0 bridgehead atoms. The van der Waals surface area contributed by atoms with Crippen LogP contribution in [0.3, 0.4) is 0 Å². The number of rotatable bonds is 12. The fourth-order valence-electron chi connectivity index (χ4n) is 2.92. The van der Waals surface area contributed by atoms with Crippen LogP contribution in [0.15, 0.2) is 30.5 Å². The van der Waals surface area contributed by atoms with Crippen LogP contribution in [0.2, 0.25) is 0 Å². The van der Waals surface area contributed by atoms with Gasteiger partial charge in [0.25, 0.3) is 0 Å². The number of aliphatic carboxylic acids is 2. The van der Waals surface area contributed by atoms with Gasteiger partial charge < -0.3 is 36.9 Å². The molecule has 2 rings (SSSR count). The summed E-state index contributed by atoms with van der Waals surface area (Å²) in [6.07, 6.45) is 1.35. The number of aromatic amines is 1. The number of amides is 3. The fraction of sp³-hybridized carbons (Fsp3) is 0.350. The lowest BCUT2D eigenvalue weighted by atomic mass is 10.1. The number of hydrogen-bond donors (Lipinski definition) is 7. The summed E-state index contributed by atoms with van der Waals surface area (Å²) in [6.45, 7) is -0.956. The van der Waals surface area contributed by atoms with E-state index in [2.05, 4.69) is 20.9 Å². The SMILES string of the molecule is N[C@@H](CCC(=O)O)C(=O)NCC(=O)NCC(=O)N[C@@H](Cc1c[nH]c2ccccc12)C(=O)O. The Morgan fingerprint density at radius 2 is 1.69 bits per heavy atom. The molecule has 172 valence electrons. The number of aromatic nitrogens is 1. The predicted octanol–water partition coefficient (Wildman–Crippen LogP) is -1.30. The number of carbonyl (C=O) groups excluding carboxylic acids is 3. The molecular weight excluding hydrogens is 422 g/mol. The zero-order valence-corrected chi connectivity index (χ0v) is 17.1. The standard InChI is InChI=1S/C20H25N5O7/c21-13(5-6-18(28)29)19(30)24-9-16(26)23-10-17(27)25-15(20(31)32)7-11-8-22-14-4-2-1-3-12(11)14/h1-4,8,13,15,22H,5-7,9-10,21H2,(H,23,26)(H,24,30)(H,25,27)(H,28,29)(H,31,32)/t13-,15-/m0/s1. The van der Waals surface area contributed by atoms with Crippen LogP contribution >= 0.6 is 0 Å². The summed E-state index contributed by atoms with van der Waals surface area (Å²) in [5.41, 5.74) is 7.08. The third-order valence-corrected chi connectivity index (χ3v) is 4.61. The van der Waals surface area contributed by atoms with E-state index in [-0.39, 0.29) is 19.3 Å². The van der Waals surface area contributed by atoms with E-state index in [1.54, 1.807) is 6.20 Å². The minimum atomic E-state index is -1.22. The number of para-hydroxylation sites is 1. The average Bonchev–Trinajstić information content (AvgIpc) is 3.16. The van der Waals surface area contributed by atoms with Gasteiger partial charge in [0.15, 0.2) is 0 Å². The second-order valence-corrected chi connectivity index (χ2v) is 7.06. The Bertz CT molecular complexity index is 1000. The van der Waals surface area contributed by atoms with Crippen LogP contribution in [0.25, 0.3) is 10.9 Å². The van der Waals surface area contributed by atoms with Crippen LogP contribution < -0.4 is 21.7 Å². The summed E-state index contributed by atoms with van der Waals surface area (Å²) in [6, 6.07) is 5.06. The maximum Gasteiger partial charge on any atom is 0.326 e. The molecule has 8 N–H and O–H groups in total. The van der Waals surface area contributed by atoms with Crippen molar-refractivity contribution in [3.8, 4) is 0 Å². The summed E-state index contributed by atoms with van der Waals surface area (Å²) in [4.78, 5) is 60.7. The van der Waals surface area contributed by atoms with Gasteiger partial charge in [0.2, 0.25) is 17.7 Å². The minimum Gasteiger partial charge on any atom is -0.481 e. The molecule has 0 fully saturated rings. The predicted molar refractivity (Wildman–Crippen MR) is 112 cm³/mol. The average molecular weight is 447 g/mol. The van der Waals surface area contributed by atoms with Crippen LogP contribution in [0.1, 0.15) is 18.4 Å². The van der Waals surface area contributed by atoms with Crippen LogP contribution in [0, 0.1) is 0 Å². The summed E-state index contributed by atoms with van der Waals surface area (Å²) in [7, 11) is 0. The topological polar surface area (TPSA) is 204 Å². The largest absolute Gasteiger partial charge is 0.481 e. The maximum atomic E-state index is 12.1. The molecule has 12 nitrogen and oxygen atoms in total. The molecule has 1 heterocycles. The lowest BCUT2D eigenvalue weighted by Gasteiger charge is -2.15. The lowest BCUT2D eigenvalue weighted by molar-refractivity contribution is -0.141. The number of carboxylic acid groups (broad SMARTS) is 2. The van der Waals surface area contributed by atoms with Crippen molar-refractivity contribution < 1.29 is 34.2 Å². The molecule has 0 aliphatic rings. The molecule has 12 heteroatoms. The van der Waals surface area contributed by atoms with Crippen molar-refractivity contribution in [3.05, 3.63) is 36.0 Å². The van der Waals surface area contributed by atoms with E-state index in [0.717, 1.165) is 16.5 Å². The van der Waals surface area contributed by atoms with Gasteiger partial charge in [-0.05, 0) is 18.1 Å². The van der Waals surface area contributed by atoms with Gasteiger partial charge in [0, 0.05) is 29.9 Å². The number of carbonyl (C=O) groups is 5. The van der Waals surface area contributed by atoms with Gasteiger partial charge in [-0.25, -0.2) is 4.79 Å².